The number of nitrogen functional groups attached to an aromatic ring is 1. The van der Waals surface area contributed by atoms with Gasteiger partial charge in [0.1, 0.15) is 5.54 Å². The van der Waals surface area contributed by atoms with Crippen LogP contribution in [0.3, 0.4) is 0 Å². The van der Waals surface area contributed by atoms with E-state index >= 15 is 0 Å². The molecule has 0 aliphatic carbocycles. The Labute approximate surface area is 98.6 Å². The summed E-state index contributed by atoms with van der Waals surface area (Å²) >= 11 is 0. The Morgan fingerprint density at radius 1 is 1.35 bits per heavy atom. The van der Waals surface area contributed by atoms with Gasteiger partial charge in [-0.15, -0.1) is 0 Å². The van der Waals surface area contributed by atoms with E-state index < -0.39 is 17.4 Å². The largest absolute Gasteiger partial charge is 0.478 e. The molecule has 1 rings (SSSR count). The van der Waals surface area contributed by atoms with Crippen molar-refractivity contribution < 1.29 is 14.7 Å². The van der Waals surface area contributed by atoms with Gasteiger partial charge in [-0.3, -0.25) is 4.79 Å². The summed E-state index contributed by atoms with van der Waals surface area (Å²) in [5.41, 5.74) is 10.7. The predicted octanol–water partition coefficient (Wildman–Crippen LogP) is 0.643. The zero-order chi connectivity index (χ0) is 13.2. The predicted molar refractivity (Wildman–Crippen MR) is 64.7 cm³/mol. The molecular formula is C11H15N3O3. The van der Waals surface area contributed by atoms with Crippen molar-refractivity contribution in [3.63, 3.8) is 0 Å². The summed E-state index contributed by atoms with van der Waals surface area (Å²) < 4.78 is 0. The SMILES string of the molecule is CC(C)(Nc1cc(C(=O)O)ccc1N)C(N)=O. The molecule has 0 saturated carbocycles. The fraction of sp³-hybridized carbons (Fsp3) is 0.273. The van der Waals surface area contributed by atoms with Crippen molar-refractivity contribution in [2.75, 3.05) is 11.1 Å². The lowest BCUT2D eigenvalue weighted by molar-refractivity contribution is -0.121. The number of hydrogen-bond acceptors (Lipinski definition) is 4. The molecule has 0 atom stereocenters. The Morgan fingerprint density at radius 2 is 1.94 bits per heavy atom. The van der Waals surface area contributed by atoms with E-state index in [-0.39, 0.29) is 5.56 Å². The van der Waals surface area contributed by atoms with Crippen molar-refractivity contribution >= 4 is 23.3 Å². The molecule has 0 aliphatic rings. The Hall–Kier alpha value is -2.24. The lowest BCUT2D eigenvalue weighted by atomic mass is 10.0. The van der Waals surface area contributed by atoms with Crippen LogP contribution in [0.4, 0.5) is 11.4 Å². The van der Waals surface area contributed by atoms with Crippen LogP contribution in [0, 0.1) is 0 Å². The van der Waals surface area contributed by atoms with Crippen LogP contribution in [0.5, 0.6) is 0 Å². The summed E-state index contributed by atoms with van der Waals surface area (Å²) in [6, 6.07) is 4.21. The summed E-state index contributed by atoms with van der Waals surface area (Å²) in [6.45, 7) is 3.17. The number of carbonyl (C=O) groups excluding carboxylic acids is 1. The average molecular weight is 237 g/mol. The van der Waals surface area contributed by atoms with E-state index in [1.54, 1.807) is 13.8 Å². The molecule has 0 aliphatic heterocycles. The molecule has 6 heteroatoms. The Balaban J connectivity index is 3.10. The van der Waals surface area contributed by atoms with Crippen LogP contribution in [0.15, 0.2) is 18.2 Å². The van der Waals surface area contributed by atoms with Gasteiger partial charge in [-0.2, -0.15) is 0 Å². The van der Waals surface area contributed by atoms with E-state index in [0.717, 1.165) is 0 Å². The number of nitrogens with two attached hydrogens (primary N) is 2. The molecule has 0 radical (unpaired) electrons. The molecule has 1 amide bonds. The molecule has 0 saturated heterocycles. The highest BCUT2D eigenvalue weighted by molar-refractivity contribution is 5.92. The highest BCUT2D eigenvalue weighted by atomic mass is 16.4. The van der Waals surface area contributed by atoms with Gasteiger partial charge in [0, 0.05) is 0 Å². The minimum absolute atomic E-state index is 0.0852. The molecule has 1 aromatic carbocycles. The normalized spacial score (nSPS) is 10.9. The second kappa shape index (κ2) is 4.32. The molecule has 0 aromatic heterocycles. The number of primary amides is 1. The number of aromatic carboxylic acids is 1. The Kier molecular flexibility index (Phi) is 3.26. The second-order valence-electron chi connectivity index (χ2n) is 4.22. The fourth-order valence-corrected chi connectivity index (χ4v) is 1.20. The molecule has 6 N–H and O–H groups in total. The van der Waals surface area contributed by atoms with E-state index in [1.165, 1.54) is 18.2 Å². The van der Waals surface area contributed by atoms with Gasteiger partial charge in [-0.25, -0.2) is 4.79 Å². The first-order valence-electron chi connectivity index (χ1n) is 4.95. The van der Waals surface area contributed by atoms with Crippen LogP contribution in [0.1, 0.15) is 24.2 Å². The van der Waals surface area contributed by atoms with E-state index in [9.17, 15) is 9.59 Å². The molecule has 0 unspecified atom stereocenters. The van der Waals surface area contributed by atoms with Gasteiger partial charge in [0.25, 0.3) is 0 Å². The third-order valence-electron chi connectivity index (χ3n) is 2.36. The fourth-order valence-electron chi connectivity index (χ4n) is 1.20. The monoisotopic (exact) mass is 237 g/mol. The van der Waals surface area contributed by atoms with Crippen molar-refractivity contribution in [2.24, 2.45) is 5.73 Å². The van der Waals surface area contributed by atoms with Crippen LogP contribution in [0.2, 0.25) is 0 Å². The van der Waals surface area contributed by atoms with Gasteiger partial charge < -0.3 is 21.9 Å². The van der Waals surface area contributed by atoms with Crippen molar-refractivity contribution in [1.82, 2.24) is 0 Å². The van der Waals surface area contributed by atoms with E-state index in [4.69, 9.17) is 16.6 Å². The van der Waals surface area contributed by atoms with Gasteiger partial charge >= 0.3 is 5.97 Å². The lowest BCUT2D eigenvalue weighted by Crippen LogP contribution is -2.45. The summed E-state index contributed by atoms with van der Waals surface area (Å²) in [5.74, 6) is -1.62. The van der Waals surface area contributed by atoms with Crippen molar-refractivity contribution in [3.05, 3.63) is 23.8 Å². The number of benzene rings is 1. The summed E-state index contributed by atoms with van der Waals surface area (Å²) in [4.78, 5) is 22.0. The highest BCUT2D eigenvalue weighted by Crippen LogP contribution is 2.23. The first-order chi connectivity index (χ1) is 7.74. The zero-order valence-corrected chi connectivity index (χ0v) is 9.65. The van der Waals surface area contributed by atoms with Crippen LogP contribution in [-0.2, 0) is 4.79 Å². The van der Waals surface area contributed by atoms with Crippen LogP contribution in [0.25, 0.3) is 0 Å². The zero-order valence-electron chi connectivity index (χ0n) is 9.65. The number of hydrogen-bond donors (Lipinski definition) is 4. The molecule has 0 spiro atoms. The first-order valence-corrected chi connectivity index (χ1v) is 4.95. The van der Waals surface area contributed by atoms with Gasteiger partial charge in [-0.1, -0.05) is 0 Å². The third kappa shape index (κ3) is 2.87. The number of amides is 1. The number of rotatable bonds is 4. The van der Waals surface area contributed by atoms with Crippen molar-refractivity contribution in [2.45, 2.75) is 19.4 Å². The molecule has 0 heterocycles. The van der Waals surface area contributed by atoms with Crippen LogP contribution >= 0.6 is 0 Å². The van der Waals surface area contributed by atoms with Crippen molar-refractivity contribution in [3.8, 4) is 0 Å². The van der Waals surface area contributed by atoms with E-state index in [0.29, 0.717) is 11.4 Å². The molecule has 17 heavy (non-hydrogen) atoms. The minimum atomic E-state index is -1.06. The van der Waals surface area contributed by atoms with E-state index in [1.807, 2.05) is 0 Å². The maximum atomic E-state index is 11.2. The number of carboxylic acid groups (broad SMARTS) is 1. The van der Waals surface area contributed by atoms with Crippen LogP contribution in [-0.4, -0.2) is 22.5 Å². The first kappa shape index (κ1) is 12.8. The van der Waals surface area contributed by atoms with Crippen LogP contribution < -0.4 is 16.8 Å². The molecule has 6 nitrogen and oxygen atoms in total. The Morgan fingerprint density at radius 3 is 2.41 bits per heavy atom. The number of carboxylic acids is 1. The lowest BCUT2D eigenvalue weighted by Gasteiger charge is -2.24. The maximum Gasteiger partial charge on any atom is 0.335 e. The third-order valence-corrected chi connectivity index (χ3v) is 2.36. The number of carbonyl (C=O) groups is 2. The molecule has 0 bridgehead atoms. The summed E-state index contributed by atoms with van der Waals surface area (Å²) in [5, 5.41) is 11.7. The van der Waals surface area contributed by atoms with Crippen molar-refractivity contribution in [1.29, 1.82) is 0 Å². The summed E-state index contributed by atoms with van der Waals surface area (Å²) in [6.07, 6.45) is 0. The van der Waals surface area contributed by atoms with Gasteiger partial charge in [0.15, 0.2) is 0 Å². The molecular weight excluding hydrogens is 222 g/mol. The highest BCUT2D eigenvalue weighted by Gasteiger charge is 2.25. The number of nitrogens with one attached hydrogen (secondary N) is 1. The quantitative estimate of drug-likeness (QED) is 0.573. The van der Waals surface area contributed by atoms with Gasteiger partial charge in [0.2, 0.25) is 5.91 Å². The molecule has 0 fully saturated rings. The maximum absolute atomic E-state index is 11.2. The summed E-state index contributed by atoms with van der Waals surface area (Å²) in [7, 11) is 0. The Bertz CT molecular complexity index is 469. The topological polar surface area (TPSA) is 118 Å². The second-order valence-corrected chi connectivity index (χ2v) is 4.22. The average Bonchev–Trinajstić information content (AvgIpc) is 2.20. The van der Waals surface area contributed by atoms with E-state index in [2.05, 4.69) is 5.32 Å². The van der Waals surface area contributed by atoms with Gasteiger partial charge in [0.05, 0.1) is 16.9 Å². The molecule has 1 aromatic rings. The minimum Gasteiger partial charge on any atom is -0.478 e. The van der Waals surface area contributed by atoms with Gasteiger partial charge in [-0.05, 0) is 32.0 Å². The molecule has 92 valence electrons. The standard InChI is InChI=1S/C11H15N3O3/c1-11(2,10(13)17)14-8-5-6(9(15)16)3-4-7(8)12/h3-5,14H,12H2,1-2H3,(H2,13,17)(H,15,16). The number of anilines is 2. The smallest absolute Gasteiger partial charge is 0.335 e.